The molecule has 2 aromatic carbocycles. The van der Waals surface area contributed by atoms with Crippen molar-refractivity contribution < 1.29 is 23.9 Å². The first-order valence-corrected chi connectivity index (χ1v) is 12.0. The van der Waals surface area contributed by atoms with Crippen LogP contribution in [-0.2, 0) is 19.2 Å². The van der Waals surface area contributed by atoms with Gasteiger partial charge in [0.25, 0.3) is 0 Å². The number of hydrogen-bond acceptors (Lipinski definition) is 5. The van der Waals surface area contributed by atoms with Gasteiger partial charge in [0.15, 0.2) is 0 Å². The highest BCUT2D eigenvalue weighted by molar-refractivity contribution is 6.22. The molecule has 4 fully saturated rings. The van der Waals surface area contributed by atoms with Crippen LogP contribution in [0.2, 0.25) is 0 Å². The number of benzene rings is 2. The molecule has 2 saturated carbocycles. The lowest BCUT2D eigenvalue weighted by Gasteiger charge is -2.19. The van der Waals surface area contributed by atoms with Gasteiger partial charge in [0.2, 0.25) is 17.7 Å². The highest BCUT2D eigenvalue weighted by Crippen LogP contribution is 2.56. The zero-order valence-electron chi connectivity index (χ0n) is 19.0. The number of hydrogen-bond donors (Lipinski definition) is 0. The topological polar surface area (TPSA) is 84.0 Å². The third-order valence-electron chi connectivity index (χ3n) is 8.04. The Labute approximate surface area is 197 Å². The Kier molecular flexibility index (Phi) is 4.83. The van der Waals surface area contributed by atoms with E-state index in [4.69, 9.17) is 4.74 Å². The average Bonchev–Trinajstić information content (AvgIpc) is 3.59. The minimum Gasteiger partial charge on any atom is -0.426 e. The van der Waals surface area contributed by atoms with Crippen LogP contribution in [-0.4, -0.2) is 30.2 Å². The molecule has 0 aromatic heterocycles. The SMILES string of the molecule is Cc1ccc(N2C[C@H](C(=O)Oc3ccc(N4C(=O)[C@@H]5[C@H]6CC[C@@H](C6)[C@H]5C4=O)cc3)CC2=O)cc1. The summed E-state index contributed by atoms with van der Waals surface area (Å²) in [5.74, 6) is -0.627. The van der Waals surface area contributed by atoms with Gasteiger partial charge < -0.3 is 9.64 Å². The molecule has 0 spiro atoms. The van der Waals surface area contributed by atoms with Crippen molar-refractivity contribution in [2.75, 3.05) is 16.3 Å². The van der Waals surface area contributed by atoms with Crippen LogP contribution in [0.1, 0.15) is 31.2 Å². The molecule has 34 heavy (non-hydrogen) atoms. The van der Waals surface area contributed by atoms with Crippen LogP contribution in [0.5, 0.6) is 5.75 Å². The first-order valence-electron chi connectivity index (χ1n) is 12.0. The summed E-state index contributed by atoms with van der Waals surface area (Å²) in [6.45, 7) is 2.26. The molecule has 0 unspecified atom stereocenters. The van der Waals surface area contributed by atoms with Gasteiger partial charge in [-0.2, -0.15) is 0 Å². The molecule has 5 atom stereocenters. The van der Waals surface area contributed by atoms with Gasteiger partial charge in [-0.3, -0.25) is 24.1 Å². The maximum Gasteiger partial charge on any atom is 0.316 e. The van der Waals surface area contributed by atoms with Gasteiger partial charge in [-0.1, -0.05) is 17.7 Å². The van der Waals surface area contributed by atoms with Crippen molar-refractivity contribution in [1.29, 1.82) is 0 Å². The van der Waals surface area contributed by atoms with E-state index in [1.54, 1.807) is 29.2 Å². The highest BCUT2D eigenvalue weighted by Gasteiger charge is 2.61. The Hall–Kier alpha value is -3.48. The Balaban J connectivity index is 1.12. The molecule has 2 bridgehead atoms. The average molecular weight is 459 g/mol. The standard InChI is InChI=1S/C27H26N2O5/c1-15-2-6-19(7-3-15)28-14-18(13-22(28)30)27(33)34-21-10-8-20(9-11-21)29-25(31)23-16-4-5-17(12-16)24(23)26(29)32/h2-3,6-11,16-18,23-24H,4-5,12-14H2,1H3/t16-,17-,18+,23+,24+/m0/s1. The van der Waals surface area contributed by atoms with E-state index in [-0.39, 0.29) is 42.5 Å². The van der Waals surface area contributed by atoms with Crippen molar-refractivity contribution in [2.24, 2.45) is 29.6 Å². The molecule has 0 radical (unpaired) electrons. The van der Waals surface area contributed by atoms with E-state index in [0.29, 0.717) is 23.3 Å². The van der Waals surface area contributed by atoms with Crippen LogP contribution in [0, 0.1) is 36.5 Å². The van der Waals surface area contributed by atoms with Crippen LogP contribution in [0.25, 0.3) is 0 Å². The molecular formula is C27H26N2O5. The Bertz CT molecular complexity index is 1160. The number of amides is 3. The maximum atomic E-state index is 13.0. The number of imide groups is 1. The Morgan fingerprint density at radius 1 is 0.853 bits per heavy atom. The molecule has 2 aliphatic carbocycles. The van der Waals surface area contributed by atoms with Crippen LogP contribution in [0.3, 0.4) is 0 Å². The number of esters is 1. The lowest BCUT2D eigenvalue weighted by molar-refractivity contribution is -0.139. The largest absolute Gasteiger partial charge is 0.426 e. The molecule has 7 heteroatoms. The predicted octanol–water partition coefficient (Wildman–Crippen LogP) is 3.49. The minimum absolute atomic E-state index is 0.0902. The van der Waals surface area contributed by atoms with Gasteiger partial charge >= 0.3 is 5.97 Å². The summed E-state index contributed by atoms with van der Waals surface area (Å²) in [6.07, 6.45) is 3.18. The second kappa shape index (κ2) is 7.79. The van der Waals surface area contributed by atoms with E-state index in [2.05, 4.69) is 0 Å². The Morgan fingerprint density at radius 3 is 2.06 bits per heavy atom. The van der Waals surface area contributed by atoms with Crippen molar-refractivity contribution in [3.8, 4) is 5.75 Å². The molecule has 0 N–H and O–H groups in total. The first-order chi connectivity index (χ1) is 16.4. The number of carbonyl (C=O) groups is 4. The van der Waals surface area contributed by atoms with Crippen molar-refractivity contribution in [3.63, 3.8) is 0 Å². The monoisotopic (exact) mass is 458 g/mol. The van der Waals surface area contributed by atoms with E-state index < -0.39 is 11.9 Å². The lowest BCUT2D eigenvalue weighted by atomic mass is 9.81. The number of nitrogens with zero attached hydrogens (tertiary/aromatic N) is 2. The van der Waals surface area contributed by atoms with Gasteiger partial charge in [0.05, 0.1) is 23.4 Å². The van der Waals surface area contributed by atoms with Gasteiger partial charge in [0, 0.05) is 18.7 Å². The van der Waals surface area contributed by atoms with Gasteiger partial charge in [-0.15, -0.1) is 0 Å². The van der Waals surface area contributed by atoms with Gasteiger partial charge in [-0.05, 0) is 74.4 Å². The van der Waals surface area contributed by atoms with E-state index in [1.165, 1.54) is 4.90 Å². The number of anilines is 2. The number of aryl methyl sites for hydroxylation is 1. The summed E-state index contributed by atoms with van der Waals surface area (Å²) in [7, 11) is 0. The summed E-state index contributed by atoms with van der Waals surface area (Å²) < 4.78 is 5.53. The van der Waals surface area contributed by atoms with Gasteiger partial charge in [0.1, 0.15) is 5.75 Å². The molecule has 2 saturated heterocycles. The van der Waals surface area contributed by atoms with Gasteiger partial charge in [-0.25, -0.2) is 0 Å². The normalized spacial score (nSPS) is 29.8. The summed E-state index contributed by atoms with van der Waals surface area (Å²) >= 11 is 0. The van der Waals surface area contributed by atoms with E-state index in [0.717, 1.165) is 30.5 Å². The minimum atomic E-state index is -0.551. The number of carbonyl (C=O) groups excluding carboxylic acids is 4. The first kappa shape index (κ1) is 21.1. The van der Waals surface area contributed by atoms with Crippen molar-refractivity contribution in [2.45, 2.75) is 32.6 Å². The molecule has 2 aromatic rings. The lowest BCUT2D eigenvalue weighted by Crippen LogP contribution is -2.32. The second-order valence-electron chi connectivity index (χ2n) is 10.1. The number of ether oxygens (including phenoxy) is 1. The summed E-state index contributed by atoms with van der Waals surface area (Å²) in [5, 5.41) is 0. The molecule has 2 heterocycles. The van der Waals surface area contributed by atoms with E-state index in [1.807, 2.05) is 31.2 Å². The van der Waals surface area contributed by atoms with Crippen LogP contribution < -0.4 is 14.5 Å². The number of rotatable bonds is 4. The zero-order chi connectivity index (χ0) is 23.6. The fourth-order valence-corrected chi connectivity index (χ4v) is 6.37. The molecule has 4 aliphatic rings. The van der Waals surface area contributed by atoms with Crippen molar-refractivity contribution >= 4 is 35.1 Å². The molecular weight excluding hydrogens is 432 g/mol. The third-order valence-corrected chi connectivity index (χ3v) is 8.04. The van der Waals surface area contributed by atoms with Crippen molar-refractivity contribution in [1.82, 2.24) is 0 Å². The van der Waals surface area contributed by atoms with Crippen LogP contribution in [0.4, 0.5) is 11.4 Å². The fourth-order valence-electron chi connectivity index (χ4n) is 6.37. The quantitative estimate of drug-likeness (QED) is 0.398. The molecule has 6 rings (SSSR count). The fraction of sp³-hybridized carbons (Fsp3) is 0.407. The summed E-state index contributed by atoms with van der Waals surface area (Å²) in [5.41, 5.74) is 2.39. The molecule has 2 aliphatic heterocycles. The van der Waals surface area contributed by atoms with Crippen LogP contribution in [0.15, 0.2) is 48.5 Å². The smallest absolute Gasteiger partial charge is 0.316 e. The third kappa shape index (κ3) is 3.25. The predicted molar refractivity (Wildman–Crippen MR) is 124 cm³/mol. The summed E-state index contributed by atoms with van der Waals surface area (Å²) in [4.78, 5) is 54.1. The zero-order valence-corrected chi connectivity index (χ0v) is 19.0. The van der Waals surface area contributed by atoms with Crippen LogP contribution >= 0.6 is 0 Å². The highest BCUT2D eigenvalue weighted by atomic mass is 16.5. The molecule has 3 amide bonds. The maximum absolute atomic E-state index is 13.0. The number of fused-ring (bicyclic) bond motifs is 5. The van der Waals surface area contributed by atoms with Crippen molar-refractivity contribution in [3.05, 3.63) is 54.1 Å². The Morgan fingerprint density at radius 2 is 1.44 bits per heavy atom. The summed E-state index contributed by atoms with van der Waals surface area (Å²) in [6, 6.07) is 14.1. The molecule has 174 valence electrons. The van der Waals surface area contributed by atoms with E-state index in [9.17, 15) is 19.2 Å². The molecule has 7 nitrogen and oxygen atoms in total. The van der Waals surface area contributed by atoms with E-state index >= 15 is 0 Å². The second-order valence-corrected chi connectivity index (χ2v) is 10.1.